The molecule has 1 aliphatic rings. The van der Waals surface area contributed by atoms with E-state index in [2.05, 4.69) is 75.8 Å². The number of nitrogens with one attached hydrogen (secondary N) is 2. The SMILES string of the molecule is Cc1nn(CC(C)C)c(C)c1CCC(=O)NC1CC(C)(C)NC(C)(C)C1. The lowest BCUT2D eigenvalue weighted by Gasteiger charge is -2.46. The fourth-order valence-electron chi connectivity index (χ4n) is 4.58. The van der Waals surface area contributed by atoms with Crippen molar-refractivity contribution < 1.29 is 4.79 Å². The third-order valence-electron chi connectivity index (χ3n) is 5.23. The van der Waals surface area contributed by atoms with Crippen molar-refractivity contribution in [2.24, 2.45) is 5.92 Å². The van der Waals surface area contributed by atoms with Gasteiger partial charge in [-0.2, -0.15) is 5.10 Å². The molecule has 5 nitrogen and oxygen atoms in total. The van der Waals surface area contributed by atoms with Gasteiger partial charge in [-0.1, -0.05) is 13.8 Å². The summed E-state index contributed by atoms with van der Waals surface area (Å²) < 4.78 is 2.09. The maximum absolute atomic E-state index is 12.6. The van der Waals surface area contributed by atoms with Crippen LogP contribution in [-0.4, -0.2) is 32.8 Å². The van der Waals surface area contributed by atoms with Gasteiger partial charge in [0.15, 0.2) is 0 Å². The van der Waals surface area contributed by atoms with Crippen LogP contribution < -0.4 is 10.6 Å². The van der Waals surface area contributed by atoms with Crippen LogP contribution in [0.3, 0.4) is 0 Å². The Balaban J connectivity index is 1.94. The number of amides is 1. The average Bonchev–Trinajstić information content (AvgIpc) is 2.67. The summed E-state index contributed by atoms with van der Waals surface area (Å²) in [6.07, 6.45) is 3.22. The number of aromatic nitrogens is 2. The molecule has 0 aliphatic carbocycles. The van der Waals surface area contributed by atoms with Gasteiger partial charge in [-0.05, 0) is 72.3 Å². The van der Waals surface area contributed by atoms with Gasteiger partial charge in [0.2, 0.25) is 5.91 Å². The molecule has 148 valence electrons. The quantitative estimate of drug-likeness (QED) is 0.814. The standard InChI is InChI=1S/C21H38N4O/c1-14(2)13-25-16(4)18(15(3)23-25)9-10-19(26)22-17-11-20(5,6)24-21(7,8)12-17/h14,17,24H,9-13H2,1-8H3,(H,22,26). The Morgan fingerprint density at radius 1 is 1.23 bits per heavy atom. The zero-order chi connectivity index (χ0) is 19.7. The van der Waals surface area contributed by atoms with E-state index in [-0.39, 0.29) is 23.0 Å². The van der Waals surface area contributed by atoms with Gasteiger partial charge in [-0.15, -0.1) is 0 Å². The van der Waals surface area contributed by atoms with Crippen molar-refractivity contribution in [2.45, 2.75) is 105 Å². The topological polar surface area (TPSA) is 59.0 Å². The summed E-state index contributed by atoms with van der Waals surface area (Å²) in [6, 6.07) is 0.236. The predicted octanol–water partition coefficient (Wildman–Crippen LogP) is 3.51. The van der Waals surface area contributed by atoms with E-state index in [1.807, 2.05) is 0 Å². The fraction of sp³-hybridized carbons (Fsp3) is 0.810. The summed E-state index contributed by atoms with van der Waals surface area (Å²) in [5, 5.41) is 11.6. The highest BCUT2D eigenvalue weighted by atomic mass is 16.1. The van der Waals surface area contributed by atoms with Crippen molar-refractivity contribution >= 4 is 5.91 Å². The Bertz CT molecular complexity index is 627. The lowest BCUT2D eigenvalue weighted by atomic mass is 9.79. The maximum Gasteiger partial charge on any atom is 0.220 e. The third-order valence-corrected chi connectivity index (χ3v) is 5.23. The van der Waals surface area contributed by atoms with E-state index >= 15 is 0 Å². The maximum atomic E-state index is 12.6. The smallest absolute Gasteiger partial charge is 0.220 e. The molecule has 1 aromatic rings. The van der Waals surface area contributed by atoms with Crippen LogP contribution >= 0.6 is 0 Å². The van der Waals surface area contributed by atoms with E-state index in [1.54, 1.807) is 0 Å². The van der Waals surface area contributed by atoms with Crippen molar-refractivity contribution in [2.75, 3.05) is 0 Å². The first-order valence-electron chi connectivity index (χ1n) is 10.00. The zero-order valence-electron chi connectivity index (χ0n) is 18.0. The molecule has 1 amide bonds. The van der Waals surface area contributed by atoms with Crippen LogP contribution in [0.4, 0.5) is 0 Å². The predicted molar refractivity (Wildman–Crippen MR) is 107 cm³/mol. The molecule has 5 heteroatoms. The molecule has 0 unspecified atom stereocenters. The van der Waals surface area contributed by atoms with Crippen molar-refractivity contribution in [1.82, 2.24) is 20.4 Å². The summed E-state index contributed by atoms with van der Waals surface area (Å²) >= 11 is 0. The number of aryl methyl sites for hydroxylation is 1. The van der Waals surface area contributed by atoms with Crippen LogP contribution in [0.25, 0.3) is 0 Å². The minimum absolute atomic E-state index is 0.0465. The number of rotatable bonds is 6. The highest BCUT2D eigenvalue weighted by Crippen LogP contribution is 2.28. The number of hydrogen-bond acceptors (Lipinski definition) is 3. The van der Waals surface area contributed by atoms with Crippen LogP contribution in [0.1, 0.15) is 77.8 Å². The molecule has 0 spiro atoms. The monoisotopic (exact) mass is 362 g/mol. The number of carbonyl (C=O) groups excluding carboxylic acids is 1. The van der Waals surface area contributed by atoms with Crippen molar-refractivity contribution in [3.05, 3.63) is 17.0 Å². The Labute approximate surface area is 159 Å². The Hall–Kier alpha value is -1.36. The van der Waals surface area contributed by atoms with Gasteiger partial charge in [0.1, 0.15) is 0 Å². The second kappa shape index (κ2) is 7.71. The summed E-state index contributed by atoms with van der Waals surface area (Å²) in [5.41, 5.74) is 3.58. The lowest BCUT2D eigenvalue weighted by Crippen LogP contribution is -2.62. The number of hydrogen-bond donors (Lipinski definition) is 2. The zero-order valence-corrected chi connectivity index (χ0v) is 18.0. The van der Waals surface area contributed by atoms with Crippen LogP contribution in [0, 0.1) is 19.8 Å². The number of carbonyl (C=O) groups is 1. The molecule has 2 rings (SSSR count). The summed E-state index contributed by atoms with van der Waals surface area (Å²) in [6.45, 7) is 18.3. The van der Waals surface area contributed by atoms with Crippen LogP contribution in [0.15, 0.2) is 0 Å². The first kappa shape index (κ1) is 20.9. The van der Waals surface area contributed by atoms with E-state index in [9.17, 15) is 4.79 Å². The fourth-order valence-corrected chi connectivity index (χ4v) is 4.58. The van der Waals surface area contributed by atoms with Crippen molar-refractivity contribution in [1.29, 1.82) is 0 Å². The molecule has 0 bridgehead atoms. The molecule has 0 atom stereocenters. The highest BCUT2D eigenvalue weighted by Gasteiger charge is 2.38. The molecule has 1 fully saturated rings. The highest BCUT2D eigenvalue weighted by molar-refractivity contribution is 5.76. The first-order valence-corrected chi connectivity index (χ1v) is 10.00. The molecule has 1 aromatic heterocycles. The third kappa shape index (κ3) is 5.57. The summed E-state index contributed by atoms with van der Waals surface area (Å²) in [5.74, 6) is 0.717. The molecule has 0 saturated carbocycles. The van der Waals surface area contributed by atoms with Crippen LogP contribution in [0.2, 0.25) is 0 Å². The molecule has 1 saturated heterocycles. The molecule has 26 heavy (non-hydrogen) atoms. The molecule has 2 heterocycles. The van der Waals surface area contributed by atoms with Crippen molar-refractivity contribution in [3.8, 4) is 0 Å². The van der Waals surface area contributed by atoms with Gasteiger partial charge in [0.05, 0.1) is 5.69 Å². The van der Waals surface area contributed by atoms with Gasteiger partial charge in [-0.25, -0.2) is 0 Å². The number of piperidine rings is 1. The molecule has 2 N–H and O–H groups in total. The van der Waals surface area contributed by atoms with E-state index in [0.29, 0.717) is 12.3 Å². The Morgan fingerprint density at radius 2 is 1.81 bits per heavy atom. The second-order valence-electron chi connectivity index (χ2n) is 9.79. The van der Waals surface area contributed by atoms with E-state index in [4.69, 9.17) is 0 Å². The van der Waals surface area contributed by atoms with Gasteiger partial charge in [-0.3, -0.25) is 9.48 Å². The summed E-state index contributed by atoms with van der Waals surface area (Å²) in [4.78, 5) is 12.6. The Kier molecular flexibility index (Phi) is 6.21. The van der Waals surface area contributed by atoms with Gasteiger partial charge >= 0.3 is 0 Å². The normalized spacial score (nSPS) is 19.7. The van der Waals surface area contributed by atoms with Gasteiger partial charge in [0, 0.05) is 35.8 Å². The minimum Gasteiger partial charge on any atom is -0.353 e. The van der Waals surface area contributed by atoms with Crippen LogP contribution in [0.5, 0.6) is 0 Å². The number of nitrogens with zero attached hydrogens (tertiary/aromatic N) is 2. The van der Waals surface area contributed by atoms with E-state index < -0.39 is 0 Å². The molecule has 1 aliphatic heterocycles. The minimum atomic E-state index is 0.0465. The molecular formula is C21H38N4O. The van der Waals surface area contributed by atoms with E-state index in [1.165, 1.54) is 11.3 Å². The lowest BCUT2D eigenvalue weighted by molar-refractivity contribution is -0.122. The van der Waals surface area contributed by atoms with Crippen LogP contribution in [-0.2, 0) is 17.8 Å². The molecule has 0 radical (unpaired) electrons. The second-order valence-corrected chi connectivity index (χ2v) is 9.79. The summed E-state index contributed by atoms with van der Waals surface area (Å²) in [7, 11) is 0. The van der Waals surface area contributed by atoms with Gasteiger partial charge < -0.3 is 10.6 Å². The molecule has 0 aromatic carbocycles. The largest absolute Gasteiger partial charge is 0.353 e. The van der Waals surface area contributed by atoms with Crippen molar-refractivity contribution in [3.63, 3.8) is 0 Å². The first-order chi connectivity index (χ1) is 11.9. The van der Waals surface area contributed by atoms with E-state index in [0.717, 1.165) is 31.5 Å². The average molecular weight is 363 g/mol. The molecular weight excluding hydrogens is 324 g/mol. The van der Waals surface area contributed by atoms with Gasteiger partial charge in [0.25, 0.3) is 0 Å². The Morgan fingerprint density at radius 3 is 2.35 bits per heavy atom.